The Labute approximate surface area is 185 Å². The van der Waals surface area contributed by atoms with Gasteiger partial charge in [-0.05, 0) is 44.4 Å². The fraction of sp³-hybridized carbons (Fsp3) is 0.565. The molecule has 1 fully saturated rings. The van der Waals surface area contributed by atoms with Crippen LogP contribution in [0.15, 0.2) is 36.2 Å². The van der Waals surface area contributed by atoms with Crippen molar-refractivity contribution in [2.75, 3.05) is 26.8 Å². The van der Waals surface area contributed by atoms with Crippen molar-refractivity contribution < 1.29 is 19.0 Å². The van der Waals surface area contributed by atoms with E-state index >= 15 is 0 Å². The Kier molecular flexibility index (Phi) is 7.95. The molecule has 1 aromatic carbocycles. The second-order valence-corrected chi connectivity index (χ2v) is 9.27. The molecule has 1 amide bonds. The average Bonchev–Trinajstić information content (AvgIpc) is 2.67. The van der Waals surface area contributed by atoms with Gasteiger partial charge in [0.05, 0.1) is 31.9 Å². The number of carbonyl (C=O) groups is 1. The van der Waals surface area contributed by atoms with E-state index < -0.39 is 11.2 Å². The first-order valence-electron chi connectivity index (χ1n) is 10.5. The van der Waals surface area contributed by atoms with Crippen molar-refractivity contribution >= 4 is 12.3 Å². The number of methoxy groups -OCH3 is 1. The lowest BCUT2D eigenvalue weighted by Crippen LogP contribution is -2.69. The van der Waals surface area contributed by atoms with Crippen molar-refractivity contribution in [3.05, 3.63) is 41.7 Å². The number of rotatable bonds is 9. The number of hydrogen-bond donors (Lipinski definition) is 3. The van der Waals surface area contributed by atoms with Crippen LogP contribution < -0.4 is 15.8 Å². The summed E-state index contributed by atoms with van der Waals surface area (Å²) in [5, 5.41) is 10.7. The molecule has 172 valence electrons. The summed E-state index contributed by atoms with van der Waals surface area (Å²) in [5.41, 5.74) is 5.79. The van der Waals surface area contributed by atoms with Crippen LogP contribution in [-0.4, -0.2) is 55.2 Å². The van der Waals surface area contributed by atoms with E-state index in [1.165, 1.54) is 0 Å². The largest absolute Gasteiger partial charge is 0.497 e. The minimum Gasteiger partial charge on any atom is -0.497 e. The maximum atomic E-state index is 12.6. The molecule has 8 nitrogen and oxygen atoms in total. The molecule has 0 radical (unpaired) electrons. The van der Waals surface area contributed by atoms with Crippen LogP contribution in [0.25, 0.3) is 0 Å². The number of nitrogens with two attached hydrogens (primary N) is 1. The highest BCUT2D eigenvalue weighted by Gasteiger charge is 2.53. The Morgan fingerprint density at radius 3 is 2.58 bits per heavy atom. The minimum absolute atomic E-state index is 0.287. The number of allylic oxidation sites excluding steroid dienone is 1. The zero-order chi connectivity index (χ0) is 23.2. The lowest BCUT2D eigenvalue weighted by atomic mass is 9.81. The topological polar surface area (TPSA) is 110 Å². The SMILES string of the molecule is COc1cccc(C(N/C=C(/N)C=N)C2(OCC(C)C)CN(C(=O)OC(C)(C)C)C2)c1. The van der Waals surface area contributed by atoms with E-state index in [0.717, 1.165) is 17.5 Å². The van der Waals surface area contributed by atoms with Crippen LogP contribution in [0, 0.1) is 11.3 Å². The van der Waals surface area contributed by atoms with E-state index in [1.807, 2.05) is 45.0 Å². The second kappa shape index (κ2) is 10.0. The first-order valence-corrected chi connectivity index (χ1v) is 10.5. The molecule has 0 aromatic heterocycles. The van der Waals surface area contributed by atoms with Gasteiger partial charge >= 0.3 is 6.09 Å². The van der Waals surface area contributed by atoms with Crippen molar-refractivity contribution in [3.8, 4) is 5.75 Å². The summed E-state index contributed by atoms with van der Waals surface area (Å²) < 4.78 is 17.3. The highest BCUT2D eigenvalue weighted by molar-refractivity contribution is 5.74. The highest BCUT2D eigenvalue weighted by atomic mass is 16.6. The normalized spacial score (nSPS) is 17.0. The van der Waals surface area contributed by atoms with Crippen molar-refractivity contribution in [2.45, 2.75) is 51.9 Å². The monoisotopic (exact) mass is 432 g/mol. The van der Waals surface area contributed by atoms with E-state index in [0.29, 0.717) is 25.6 Å². The lowest BCUT2D eigenvalue weighted by molar-refractivity contribution is -0.163. The summed E-state index contributed by atoms with van der Waals surface area (Å²) in [6.45, 7) is 11.0. The Balaban J connectivity index is 2.37. The molecule has 1 atom stereocenters. The average molecular weight is 433 g/mol. The molecule has 4 N–H and O–H groups in total. The molecule has 1 unspecified atom stereocenters. The van der Waals surface area contributed by atoms with Crippen LogP contribution in [0.1, 0.15) is 46.2 Å². The van der Waals surface area contributed by atoms with E-state index in [9.17, 15) is 4.79 Å². The van der Waals surface area contributed by atoms with Gasteiger partial charge in [0, 0.05) is 19.0 Å². The van der Waals surface area contributed by atoms with Crippen LogP contribution in [0.5, 0.6) is 5.75 Å². The predicted octanol–water partition coefficient (Wildman–Crippen LogP) is 3.44. The first kappa shape index (κ1) is 24.5. The molecule has 1 aromatic rings. The maximum Gasteiger partial charge on any atom is 0.410 e. The third kappa shape index (κ3) is 6.62. The van der Waals surface area contributed by atoms with E-state index in [4.69, 9.17) is 25.4 Å². The third-order valence-corrected chi connectivity index (χ3v) is 4.81. The summed E-state index contributed by atoms with van der Waals surface area (Å²) in [6.07, 6.45) is 2.30. The number of likely N-dealkylation sites (tertiary alicyclic amines) is 1. The van der Waals surface area contributed by atoms with Crippen LogP contribution in [-0.2, 0) is 9.47 Å². The zero-order valence-corrected chi connectivity index (χ0v) is 19.4. The van der Waals surface area contributed by atoms with E-state index in [2.05, 4.69) is 19.2 Å². The molecule has 1 aliphatic heterocycles. The lowest BCUT2D eigenvalue weighted by Gasteiger charge is -2.53. The molecule has 8 heteroatoms. The van der Waals surface area contributed by atoms with Crippen molar-refractivity contribution in [3.63, 3.8) is 0 Å². The third-order valence-electron chi connectivity index (χ3n) is 4.81. The molecule has 1 saturated heterocycles. The van der Waals surface area contributed by atoms with Gasteiger partial charge in [-0.2, -0.15) is 0 Å². The summed E-state index contributed by atoms with van der Waals surface area (Å²) in [7, 11) is 1.62. The molecule has 0 bridgehead atoms. The molecule has 0 spiro atoms. The molecule has 1 aliphatic rings. The minimum atomic E-state index is -0.688. The summed E-state index contributed by atoms with van der Waals surface area (Å²) in [5.74, 6) is 1.04. The summed E-state index contributed by atoms with van der Waals surface area (Å²) >= 11 is 0. The van der Waals surface area contributed by atoms with Gasteiger partial charge in [0.15, 0.2) is 0 Å². The van der Waals surface area contributed by atoms with E-state index in [-0.39, 0.29) is 17.8 Å². The first-order chi connectivity index (χ1) is 14.5. The fourth-order valence-electron chi connectivity index (χ4n) is 3.34. The number of carbonyl (C=O) groups excluding carboxylic acids is 1. The molecule has 0 aliphatic carbocycles. The van der Waals surface area contributed by atoms with Gasteiger partial charge in [0.2, 0.25) is 0 Å². The van der Waals surface area contributed by atoms with Gasteiger partial charge < -0.3 is 35.6 Å². The van der Waals surface area contributed by atoms with Crippen molar-refractivity contribution in [1.29, 1.82) is 5.41 Å². The molecular formula is C23H36N4O4. The van der Waals surface area contributed by atoms with Crippen LogP contribution >= 0.6 is 0 Å². The standard InChI is InChI=1S/C23H36N4O4/c1-16(2)13-30-23(14-27(15-23)21(28)31-22(3,4)5)20(26-12-18(25)11-24)17-8-7-9-19(10-17)29-6/h7-12,16,20,24,26H,13-15,25H2,1-6H3/b18-12+,24-11?. The van der Waals surface area contributed by atoms with Gasteiger partial charge in [-0.1, -0.05) is 26.0 Å². The molecule has 31 heavy (non-hydrogen) atoms. The number of nitrogens with one attached hydrogen (secondary N) is 2. The Morgan fingerprint density at radius 1 is 1.35 bits per heavy atom. The van der Waals surface area contributed by atoms with Gasteiger partial charge in [0.25, 0.3) is 0 Å². The second-order valence-electron chi connectivity index (χ2n) is 9.27. The van der Waals surface area contributed by atoms with Crippen LogP contribution in [0.4, 0.5) is 4.79 Å². The molecular weight excluding hydrogens is 396 g/mol. The zero-order valence-electron chi connectivity index (χ0n) is 19.4. The van der Waals surface area contributed by atoms with Crippen LogP contribution in [0.3, 0.4) is 0 Å². The summed E-state index contributed by atoms with van der Waals surface area (Å²) in [6, 6.07) is 7.37. The number of hydrogen-bond acceptors (Lipinski definition) is 7. The summed E-state index contributed by atoms with van der Waals surface area (Å²) in [4.78, 5) is 14.2. The number of nitrogens with zero attached hydrogens (tertiary/aromatic N) is 1. The van der Waals surface area contributed by atoms with Gasteiger partial charge in [0.1, 0.15) is 17.0 Å². The van der Waals surface area contributed by atoms with Gasteiger partial charge in [-0.25, -0.2) is 4.79 Å². The van der Waals surface area contributed by atoms with Gasteiger partial charge in [-0.3, -0.25) is 0 Å². The molecule has 1 heterocycles. The van der Waals surface area contributed by atoms with Crippen molar-refractivity contribution in [1.82, 2.24) is 10.2 Å². The number of benzene rings is 1. The Bertz CT molecular complexity index is 795. The number of ether oxygens (including phenoxy) is 3. The van der Waals surface area contributed by atoms with E-state index in [1.54, 1.807) is 18.2 Å². The predicted molar refractivity (Wildman–Crippen MR) is 121 cm³/mol. The molecule has 0 saturated carbocycles. The quantitative estimate of drug-likeness (QED) is 0.516. The Hall–Kier alpha value is -2.74. The van der Waals surface area contributed by atoms with Crippen LogP contribution in [0.2, 0.25) is 0 Å². The number of amides is 1. The molecule has 2 rings (SSSR count). The fourth-order valence-corrected chi connectivity index (χ4v) is 3.34. The van der Waals surface area contributed by atoms with Gasteiger partial charge in [-0.15, -0.1) is 0 Å². The smallest absolute Gasteiger partial charge is 0.410 e. The van der Waals surface area contributed by atoms with Crippen molar-refractivity contribution in [2.24, 2.45) is 11.7 Å². The highest BCUT2D eigenvalue weighted by Crippen LogP contribution is 2.39. The maximum absolute atomic E-state index is 12.6. The Morgan fingerprint density at radius 2 is 2.03 bits per heavy atom.